The van der Waals surface area contributed by atoms with Gasteiger partial charge in [-0.1, -0.05) is 42.5 Å². The van der Waals surface area contributed by atoms with Crippen LogP contribution in [-0.4, -0.2) is 34.4 Å². The smallest absolute Gasteiger partial charge is 0.272 e. The number of benzene rings is 2. The molecule has 0 saturated heterocycles. The molecule has 1 heterocycles. The van der Waals surface area contributed by atoms with E-state index >= 15 is 0 Å². The summed E-state index contributed by atoms with van der Waals surface area (Å²) in [6, 6.07) is 19.0. The van der Waals surface area contributed by atoms with E-state index < -0.39 is 0 Å². The van der Waals surface area contributed by atoms with Gasteiger partial charge >= 0.3 is 0 Å². The maximum absolute atomic E-state index is 12.7. The molecule has 1 amide bonds. The summed E-state index contributed by atoms with van der Waals surface area (Å²) < 4.78 is 5.60. The van der Waals surface area contributed by atoms with Gasteiger partial charge in [-0.25, -0.2) is 9.97 Å². The Labute approximate surface area is 158 Å². The van der Waals surface area contributed by atoms with E-state index in [0.717, 1.165) is 11.3 Å². The van der Waals surface area contributed by atoms with Crippen LogP contribution in [0.3, 0.4) is 0 Å². The van der Waals surface area contributed by atoms with Crippen LogP contribution < -0.4 is 10.1 Å². The van der Waals surface area contributed by atoms with Crippen LogP contribution in [0, 0.1) is 0 Å². The molecule has 6 nitrogen and oxygen atoms in total. The zero-order valence-corrected chi connectivity index (χ0v) is 15.4. The van der Waals surface area contributed by atoms with E-state index in [2.05, 4.69) is 15.3 Å². The van der Waals surface area contributed by atoms with Gasteiger partial charge in [-0.2, -0.15) is 0 Å². The molecule has 3 rings (SSSR count). The second-order valence-corrected chi connectivity index (χ2v) is 5.97. The summed E-state index contributed by atoms with van der Waals surface area (Å²) >= 11 is 0. The number of rotatable bonds is 7. The second-order valence-electron chi connectivity index (χ2n) is 5.97. The van der Waals surface area contributed by atoms with Crippen LogP contribution in [0.15, 0.2) is 66.9 Å². The van der Waals surface area contributed by atoms with Gasteiger partial charge in [0.05, 0.1) is 12.3 Å². The van der Waals surface area contributed by atoms with E-state index in [-0.39, 0.29) is 5.91 Å². The van der Waals surface area contributed by atoms with Crippen molar-refractivity contribution < 1.29 is 9.53 Å². The summed E-state index contributed by atoms with van der Waals surface area (Å²) in [4.78, 5) is 22.9. The molecule has 0 aliphatic rings. The van der Waals surface area contributed by atoms with Gasteiger partial charge in [0.25, 0.3) is 5.91 Å². The fourth-order valence-electron chi connectivity index (χ4n) is 2.63. The SMILES string of the molecule is CCOc1ccccc1Nc1nccc(C(=O)N(C)Cc2ccccc2)n1. The number of para-hydroxylation sites is 2. The van der Waals surface area contributed by atoms with Crippen molar-refractivity contribution in [2.75, 3.05) is 19.0 Å². The van der Waals surface area contributed by atoms with Gasteiger partial charge in [-0.15, -0.1) is 0 Å². The van der Waals surface area contributed by atoms with Gasteiger partial charge < -0.3 is 15.0 Å². The maximum atomic E-state index is 12.7. The van der Waals surface area contributed by atoms with E-state index in [1.165, 1.54) is 0 Å². The van der Waals surface area contributed by atoms with Crippen LogP contribution in [0.1, 0.15) is 23.0 Å². The van der Waals surface area contributed by atoms with Crippen molar-refractivity contribution in [3.05, 3.63) is 78.1 Å². The first kappa shape index (κ1) is 18.4. The molecule has 1 N–H and O–H groups in total. The number of hydrogen-bond acceptors (Lipinski definition) is 5. The van der Waals surface area contributed by atoms with Crippen LogP contribution in [0.5, 0.6) is 5.75 Å². The number of carbonyl (C=O) groups is 1. The highest BCUT2D eigenvalue weighted by Gasteiger charge is 2.15. The van der Waals surface area contributed by atoms with Crippen LogP contribution >= 0.6 is 0 Å². The number of anilines is 2. The molecular weight excluding hydrogens is 340 g/mol. The Morgan fingerprint density at radius 3 is 2.59 bits per heavy atom. The van der Waals surface area contributed by atoms with E-state index in [4.69, 9.17) is 4.74 Å². The van der Waals surface area contributed by atoms with Gasteiger partial charge in [0, 0.05) is 19.8 Å². The second kappa shape index (κ2) is 8.80. The minimum Gasteiger partial charge on any atom is -0.492 e. The fraction of sp³-hybridized carbons (Fsp3) is 0.190. The molecule has 0 aliphatic heterocycles. The topological polar surface area (TPSA) is 67.3 Å². The van der Waals surface area contributed by atoms with E-state index in [9.17, 15) is 4.79 Å². The first-order chi connectivity index (χ1) is 13.2. The molecule has 0 radical (unpaired) electrons. The zero-order valence-electron chi connectivity index (χ0n) is 15.4. The van der Waals surface area contributed by atoms with Crippen molar-refractivity contribution in [2.24, 2.45) is 0 Å². The Balaban J connectivity index is 1.74. The van der Waals surface area contributed by atoms with E-state index in [1.807, 2.05) is 61.5 Å². The molecule has 0 saturated carbocycles. The fourth-order valence-corrected chi connectivity index (χ4v) is 2.63. The molecule has 0 fully saturated rings. The molecule has 0 bridgehead atoms. The highest BCUT2D eigenvalue weighted by Crippen LogP contribution is 2.26. The summed E-state index contributed by atoms with van der Waals surface area (Å²) in [5.74, 6) is 0.894. The third-order valence-electron chi connectivity index (χ3n) is 3.92. The van der Waals surface area contributed by atoms with Gasteiger partial charge in [0.1, 0.15) is 11.4 Å². The minimum absolute atomic E-state index is 0.164. The number of ether oxygens (including phenoxy) is 1. The lowest BCUT2D eigenvalue weighted by Gasteiger charge is -2.17. The highest BCUT2D eigenvalue weighted by atomic mass is 16.5. The van der Waals surface area contributed by atoms with Crippen molar-refractivity contribution >= 4 is 17.5 Å². The standard InChI is InChI=1S/C21H22N4O2/c1-3-27-19-12-8-7-11-17(19)23-21-22-14-13-18(24-21)20(26)25(2)15-16-9-5-4-6-10-16/h4-14H,3,15H2,1-2H3,(H,22,23,24). The van der Waals surface area contributed by atoms with Gasteiger partial charge in [0.2, 0.25) is 5.95 Å². The summed E-state index contributed by atoms with van der Waals surface area (Å²) in [6.07, 6.45) is 1.57. The van der Waals surface area contributed by atoms with Crippen molar-refractivity contribution in [1.82, 2.24) is 14.9 Å². The van der Waals surface area contributed by atoms with E-state index in [0.29, 0.717) is 30.5 Å². The van der Waals surface area contributed by atoms with Gasteiger partial charge in [0.15, 0.2) is 0 Å². The molecule has 2 aromatic carbocycles. The third-order valence-corrected chi connectivity index (χ3v) is 3.92. The largest absolute Gasteiger partial charge is 0.492 e. The third kappa shape index (κ3) is 4.82. The predicted molar refractivity (Wildman–Crippen MR) is 105 cm³/mol. The van der Waals surface area contributed by atoms with Crippen LogP contribution in [-0.2, 0) is 6.54 Å². The van der Waals surface area contributed by atoms with Crippen molar-refractivity contribution in [3.8, 4) is 5.75 Å². The highest BCUT2D eigenvalue weighted by molar-refractivity contribution is 5.92. The predicted octanol–water partition coefficient (Wildman–Crippen LogP) is 3.89. The number of amides is 1. The molecule has 27 heavy (non-hydrogen) atoms. The quantitative estimate of drug-likeness (QED) is 0.691. The molecule has 0 unspecified atom stereocenters. The lowest BCUT2D eigenvalue weighted by Crippen LogP contribution is -2.27. The number of hydrogen-bond donors (Lipinski definition) is 1. The van der Waals surface area contributed by atoms with Gasteiger partial charge in [-0.3, -0.25) is 4.79 Å². The average molecular weight is 362 g/mol. The number of carbonyl (C=O) groups excluding carboxylic acids is 1. The Bertz CT molecular complexity index is 899. The molecule has 0 atom stereocenters. The summed E-state index contributed by atoms with van der Waals surface area (Å²) in [5, 5.41) is 3.12. The monoisotopic (exact) mass is 362 g/mol. The van der Waals surface area contributed by atoms with Crippen LogP contribution in [0.2, 0.25) is 0 Å². The Morgan fingerprint density at radius 1 is 1.07 bits per heavy atom. The van der Waals surface area contributed by atoms with Crippen LogP contribution in [0.25, 0.3) is 0 Å². The number of nitrogens with one attached hydrogen (secondary N) is 1. The van der Waals surface area contributed by atoms with Crippen molar-refractivity contribution in [3.63, 3.8) is 0 Å². The normalized spacial score (nSPS) is 10.3. The number of aromatic nitrogens is 2. The summed E-state index contributed by atoms with van der Waals surface area (Å²) in [7, 11) is 1.76. The number of nitrogens with zero attached hydrogens (tertiary/aromatic N) is 3. The van der Waals surface area contributed by atoms with Crippen molar-refractivity contribution in [1.29, 1.82) is 0 Å². The molecule has 6 heteroatoms. The first-order valence-corrected chi connectivity index (χ1v) is 8.78. The van der Waals surface area contributed by atoms with E-state index in [1.54, 1.807) is 24.2 Å². The molecule has 1 aromatic heterocycles. The molecule has 0 aliphatic carbocycles. The van der Waals surface area contributed by atoms with Crippen LogP contribution in [0.4, 0.5) is 11.6 Å². The summed E-state index contributed by atoms with van der Waals surface area (Å²) in [6.45, 7) is 3.00. The average Bonchev–Trinajstić information content (AvgIpc) is 2.70. The summed E-state index contributed by atoms with van der Waals surface area (Å²) in [5.41, 5.74) is 2.15. The lowest BCUT2D eigenvalue weighted by atomic mass is 10.2. The minimum atomic E-state index is -0.164. The maximum Gasteiger partial charge on any atom is 0.272 e. The zero-order chi connectivity index (χ0) is 19.1. The Hall–Kier alpha value is -3.41. The Kier molecular flexibility index (Phi) is 5.99. The van der Waals surface area contributed by atoms with Gasteiger partial charge in [-0.05, 0) is 30.7 Å². The molecule has 138 valence electrons. The lowest BCUT2D eigenvalue weighted by molar-refractivity contribution is 0.0779. The first-order valence-electron chi connectivity index (χ1n) is 8.78. The Morgan fingerprint density at radius 2 is 1.81 bits per heavy atom. The van der Waals surface area contributed by atoms with Crippen molar-refractivity contribution in [2.45, 2.75) is 13.5 Å². The molecule has 3 aromatic rings. The molecule has 0 spiro atoms. The molecular formula is C21H22N4O2.